The number of thioether (sulfide) groups is 1. The third-order valence-electron chi connectivity index (χ3n) is 2.18. The van der Waals surface area contributed by atoms with E-state index in [1.807, 2.05) is 20.0 Å². The van der Waals surface area contributed by atoms with E-state index in [0.717, 1.165) is 16.4 Å². The Labute approximate surface area is 118 Å². The number of hydrogen-bond acceptors (Lipinski definition) is 5. The minimum absolute atomic E-state index is 0.0465. The summed E-state index contributed by atoms with van der Waals surface area (Å²) in [5.41, 5.74) is 0. The van der Waals surface area contributed by atoms with Gasteiger partial charge in [-0.3, -0.25) is 0 Å². The first-order valence-corrected chi connectivity index (χ1v) is 9.28. The summed E-state index contributed by atoms with van der Waals surface area (Å²) < 4.78 is 27.3. The molecule has 4 nitrogen and oxygen atoms in total. The molecule has 1 aromatic rings. The SMILES string of the molecule is CCSCC(C)NS(=O)(=O)c1ccc(CNC)s1. The molecule has 0 fully saturated rings. The topological polar surface area (TPSA) is 58.2 Å². The van der Waals surface area contributed by atoms with Gasteiger partial charge in [-0.1, -0.05) is 6.92 Å². The largest absolute Gasteiger partial charge is 0.315 e. The van der Waals surface area contributed by atoms with Gasteiger partial charge in [0, 0.05) is 23.2 Å². The van der Waals surface area contributed by atoms with Gasteiger partial charge < -0.3 is 5.32 Å². The predicted molar refractivity (Wildman–Crippen MR) is 79.9 cm³/mol. The molecule has 0 spiro atoms. The Kier molecular flexibility index (Phi) is 6.65. The highest BCUT2D eigenvalue weighted by atomic mass is 32.2. The van der Waals surface area contributed by atoms with E-state index in [0.29, 0.717) is 10.8 Å². The standard InChI is InChI=1S/C11H20N2O2S3/c1-4-16-8-9(2)13-18(14,15)11-6-5-10(17-11)7-12-3/h5-6,9,12-13H,4,7-8H2,1-3H3. The van der Waals surface area contributed by atoms with Gasteiger partial charge in [0.15, 0.2) is 0 Å². The van der Waals surface area contributed by atoms with Crippen LogP contribution in [-0.2, 0) is 16.6 Å². The molecule has 7 heteroatoms. The Bertz CT molecular complexity index is 457. The molecule has 1 aromatic heterocycles. The second kappa shape index (κ2) is 7.49. The lowest BCUT2D eigenvalue weighted by atomic mass is 10.4. The van der Waals surface area contributed by atoms with Crippen LogP contribution in [-0.4, -0.2) is 33.0 Å². The summed E-state index contributed by atoms with van der Waals surface area (Å²) in [4.78, 5) is 1.02. The first kappa shape index (κ1) is 16.0. The Balaban J connectivity index is 2.67. The summed E-state index contributed by atoms with van der Waals surface area (Å²) in [7, 11) is -1.52. The van der Waals surface area contributed by atoms with Crippen molar-refractivity contribution in [2.75, 3.05) is 18.6 Å². The molecule has 1 rings (SSSR count). The van der Waals surface area contributed by atoms with Crippen LogP contribution in [0, 0.1) is 0 Å². The van der Waals surface area contributed by atoms with Gasteiger partial charge in [-0.15, -0.1) is 11.3 Å². The monoisotopic (exact) mass is 308 g/mol. The zero-order valence-corrected chi connectivity index (χ0v) is 13.3. The molecule has 1 heterocycles. The number of rotatable bonds is 8. The molecular formula is C11H20N2O2S3. The maximum Gasteiger partial charge on any atom is 0.250 e. The van der Waals surface area contributed by atoms with Crippen molar-refractivity contribution in [3.05, 3.63) is 17.0 Å². The van der Waals surface area contributed by atoms with Crippen molar-refractivity contribution >= 4 is 33.1 Å². The van der Waals surface area contributed by atoms with Gasteiger partial charge in [0.2, 0.25) is 10.0 Å². The van der Waals surface area contributed by atoms with Crippen molar-refractivity contribution in [3.8, 4) is 0 Å². The lowest BCUT2D eigenvalue weighted by Gasteiger charge is -2.12. The van der Waals surface area contributed by atoms with Crippen LogP contribution in [0.25, 0.3) is 0 Å². The number of sulfonamides is 1. The lowest BCUT2D eigenvalue weighted by Crippen LogP contribution is -2.33. The van der Waals surface area contributed by atoms with Crippen LogP contribution < -0.4 is 10.0 Å². The fourth-order valence-corrected chi connectivity index (χ4v) is 4.83. The third-order valence-corrected chi connectivity index (χ3v) is 6.49. The van der Waals surface area contributed by atoms with Crippen LogP contribution in [0.3, 0.4) is 0 Å². The lowest BCUT2D eigenvalue weighted by molar-refractivity contribution is 0.573. The van der Waals surface area contributed by atoms with Gasteiger partial charge in [-0.2, -0.15) is 11.8 Å². The fraction of sp³-hybridized carbons (Fsp3) is 0.636. The Morgan fingerprint density at radius 1 is 1.44 bits per heavy atom. The van der Waals surface area contributed by atoms with Gasteiger partial charge >= 0.3 is 0 Å². The van der Waals surface area contributed by atoms with Gasteiger partial charge in [-0.05, 0) is 31.9 Å². The minimum Gasteiger partial charge on any atom is -0.315 e. The Hall–Kier alpha value is -0.0800. The summed E-state index contributed by atoms with van der Waals surface area (Å²) in [5, 5.41) is 3.01. The van der Waals surface area contributed by atoms with E-state index in [1.54, 1.807) is 17.8 Å². The average molecular weight is 308 g/mol. The van der Waals surface area contributed by atoms with Crippen LogP contribution in [0.5, 0.6) is 0 Å². The molecule has 0 amide bonds. The normalized spacial score (nSPS) is 13.7. The van der Waals surface area contributed by atoms with Crippen molar-refractivity contribution in [2.45, 2.75) is 30.6 Å². The van der Waals surface area contributed by atoms with Gasteiger partial charge in [0.1, 0.15) is 4.21 Å². The summed E-state index contributed by atoms with van der Waals surface area (Å²) in [6.45, 7) is 4.65. The van der Waals surface area contributed by atoms with E-state index in [-0.39, 0.29) is 6.04 Å². The van der Waals surface area contributed by atoms with E-state index < -0.39 is 10.0 Å². The highest BCUT2D eigenvalue weighted by Gasteiger charge is 2.19. The van der Waals surface area contributed by atoms with Crippen LogP contribution in [0.15, 0.2) is 16.3 Å². The van der Waals surface area contributed by atoms with E-state index in [4.69, 9.17) is 0 Å². The molecule has 0 radical (unpaired) electrons. The third kappa shape index (κ3) is 4.89. The zero-order valence-electron chi connectivity index (χ0n) is 10.9. The van der Waals surface area contributed by atoms with Crippen molar-refractivity contribution in [2.24, 2.45) is 0 Å². The molecule has 104 valence electrons. The van der Waals surface area contributed by atoms with Crippen LogP contribution in [0.4, 0.5) is 0 Å². The fourth-order valence-electron chi connectivity index (χ4n) is 1.42. The molecule has 0 bridgehead atoms. The molecule has 0 aliphatic carbocycles. The van der Waals surface area contributed by atoms with E-state index in [2.05, 4.69) is 17.0 Å². The molecular weight excluding hydrogens is 288 g/mol. The highest BCUT2D eigenvalue weighted by molar-refractivity contribution is 7.99. The van der Waals surface area contributed by atoms with E-state index in [9.17, 15) is 8.42 Å². The number of hydrogen-bond donors (Lipinski definition) is 2. The van der Waals surface area contributed by atoms with Crippen molar-refractivity contribution < 1.29 is 8.42 Å². The summed E-state index contributed by atoms with van der Waals surface area (Å²) >= 11 is 3.04. The Morgan fingerprint density at radius 3 is 2.78 bits per heavy atom. The molecule has 18 heavy (non-hydrogen) atoms. The molecule has 0 saturated heterocycles. The predicted octanol–water partition coefficient (Wildman–Crippen LogP) is 1.89. The summed E-state index contributed by atoms with van der Waals surface area (Å²) in [6, 6.07) is 3.47. The molecule has 2 N–H and O–H groups in total. The van der Waals surface area contributed by atoms with E-state index in [1.165, 1.54) is 11.3 Å². The summed E-state index contributed by atoms with van der Waals surface area (Å²) in [6.07, 6.45) is 0. The van der Waals surface area contributed by atoms with Gasteiger partial charge in [0.05, 0.1) is 0 Å². The minimum atomic E-state index is -3.36. The average Bonchev–Trinajstić information content (AvgIpc) is 2.75. The molecule has 0 aliphatic heterocycles. The van der Waals surface area contributed by atoms with Crippen molar-refractivity contribution in [1.82, 2.24) is 10.0 Å². The van der Waals surface area contributed by atoms with Crippen molar-refractivity contribution in [3.63, 3.8) is 0 Å². The molecule has 1 atom stereocenters. The second-order valence-corrected chi connectivity index (χ2v) is 8.36. The number of nitrogens with one attached hydrogen (secondary N) is 2. The second-order valence-electron chi connectivity index (χ2n) is 3.93. The highest BCUT2D eigenvalue weighted by Crippen LogP contribution is 2.21. The van der Waals surface area contributed by atoms with Crippen LogP contribution in [0.1, 0.15) is 18.7 Å². The van der Waals surface area contributed by atoms with Crippen LogP contribution in [0.2, 0.25) is 0 Å². The van der Waals surface area contributed by atoms with Gasteiger partial charge in [0.25, 0.3) is 0 Å². The Morgan fingerprint density at radius 2 is 2.17 bits per heavy atom. The number of thiophene rings is 1. The molecule has 1 unspecified atom stereocenters. The van der Waals surface area contributed by atoms with E-state index >= 15 is 0 Å². The van der Waals surface area contributed by atoms with Crippen molar-refractivity contribution in [1.29, 1.82) is 0 Å². The maximum absolute atomic E-state index is 12.1. The van der Waals surface area contributed by atoms with Crippen LogP contribution >= 0.6 is 23.1 Å². The molecule has 0 aliphatic rings. The zero-order chi connectivity index (χ0) is 13.6. The molecule has 0 saturated carbocycles. The smallest absolute Gasteiger partial charge is 0.250 e. The van der Waals surface area contributed by atoms with Gasteiger partial charge in [-0.25, -0.2) is 13.1 Å². The quantitative estimate of drug-likeness (QED) is 0.770. The summed E-state index contributed by atoms with van der Waals surface area (Å²) in [5.74, 6) is 1.79. The maximum atomic E-state index is 12.1. The molecule has 0 aromatic carbocycles. The first-order chi connectivity index (χ1) is 8.49. The first-order valence-electron chi connectivity index (χ1n) is 5.83.